The quantitative estimate of drug-likeness (QED) is 0.236. The first kappa shape index (κ1) is 22.6. The van der Waals surface area contributed by atoms with Gasteiger partial charge in [0, 0.05) is 5.56 Å². The van der Waals surface area contributed by atoms with Gasteiger partial charge in [0.2, 0.25) is 0 Å². The van der Waals surface area contributed by atoms with Crippen molar-refractivity contribution in [3.05, 3.63) is 89.0 Å². The Bertz CT molecular complexity index is 1470. The number of nitrogens with zero attached hydrogens (tertiary/aromatic N) is 2. The van der Waals surface area contributed by atoms with Crippen molar-refractivity contribution in [2.45, 2.75) is 13.0 Å². The van der Waals surface area contributed by atoms with Crippen molar-refractivity contribution in [3.63, 3.8) is 0 Å². The van der Waals surface area contributed by atoms with E-state index in [0.717, 1.165) is 10.3 Å². The highest BCUT2D eigenvalue weighted by Gasteiger charge is 2.48. The molecule has 1 N–H and O–H groups in total. The van der Waals surface area contributed by atoms with E-state index in [1.807, 2.05) is 43.3 Å². The third-order valence-corrected chi connectivity index (χ3v) is 7.01. The lowest BCUT2D eigenvalue weighted by molar-refractivity contribution is -0.132. The number of methoxy groups -OCH3 is 2. The number of carbonyl (C=O) groups excluding carboxylic acids is 2. The number of rotatable bonds is 5. The molecule has 5 rings (SSSR count). The highest BCUT2D eigenvalue weighted by molar-refractivity contribution is 7.22. The Kier molecular flexibility index (Phi) is 5.74. The largest absolute Gasteiger partial charge is 0.507 e. The van der Waals surface area contributed by atoms with Crippen molar-refractivity contribution in [1.29, 1.82) is 0 Å². The molecule has 8 heteroatoms. The number of aryl methyl sites for hydroxylation is 1. The molecular weight excluding hydrogens is 464 g/mol. The van der Waals surface area contributed by atoms with Gasteiger partial charge < -0.3 is 14.6 Å². The zero-order valence-corrected chi connectivity index (χ0v) is 20.1. The monoisotopic (exact) mass is 486 g/mol. The van der Waals surface area contributed by atoms with Crippen LogP contribution in [-0.4, -0.2) is 36.0 Å². The number of aromatic nitrogens is 1. The molecule has 0 bridgehead atoms. The van der Waals surface area contributed by atoms with Crippen molar-refractivity contribution in [2.24, 2.45) is 0 Å². The molecule has 0 radical (unpaired) electrons. The van der Waals surface area contributed by atoms with Crippen LogP contribution < -0.4 is 14.4 Å². The van der Waals surface area contributed by atoms with Crippen LogP contribution in [0.1, 0.15) is 22.7 Å². The van der Waals surface area contributed by atoms with Crippen molar-refractivity contribution < 1.29 is 24.2 Å². The van der Waals surface area contributed by atoms with E-state index in [9.17, 15) is 14.7 Å². The van der Waals surface area contributed by atoms with E-state index in [1.54, 1.807) is 44.6 Å². The predicted octanol–water partition coefficient (Wildman–Crippen LogP) is 5.25. The molecule has 0 spiro atoms. The lowest BCUT2D eigenvalue weighted by Gasteiger charge is -2.23. The third kappa shape index (κ3) is 3.91. The van der Waals surface area contributed by atoms with Crippen molar-refractivity contribution >= 4 is 44.1 Å². The molecule has 4 aromatic rings. The van der Waals surface area contributed by atoms with Crippen molar-refractivity contribution in [2.75, 3.05) is 19.1 Å². The van der Waals surface area contributed by atoms with E-state index in [-0.39, 0.29) is 11.3 Å². The summed E-state index contributed by atoms with van der Waals surface area (Å²) in [6, 6.07) is 18.8. The van der Waals surface area contributed by atoms with Crippen LogP contribution in [0.3, 0.4) is 0 Å². The van der Waals surface area contributed by atoms with Crippen LogP contribution in [0.25, 0.3) is 16.0 Å². The Hall–Kier alpha value is -4.17. The Balaban J connectivity index is 1.69. The second kappa shape index (κ2) is 8.88. The van der Waals surface area contributed by atoms with Gasteiger partial charge in [0.05, 0.1) is 36.1 Å². The minimum atomic E-state index is -0.833. The Labute approximate surface area is 205 Å². The number of aliphatic hydroxyl groups excluding tert-OH is 1. The average Bonchev–Trinajstić information content (AvgIpc) is 3.41. The lowest BCUT2D eigenvalue weighted by Crippen LogP contribution is -2.29. The number of amides is 1. The van der Waals surface area contributed by atoms with Gasteiger partial charge in [-0.15, -0.1) is 0 Å². The number of thiazole rings is 1. The first-order chi connectivity index (χ1) is 16.9. The lowest BCUT2D eigenvalue weighted by atomic mass is 9.95. The molecule has 1 fully saturated rings. The highest BCUT2D eigenvalue weighted by atomic mass is 32.1. The van der Waals surface area contributed by atoms with Gasteiger partial charge in [-0.1, -0.05) is 41.2 Å². The summed E-state index contributed by atoms with van der Waals surface area (Å²) in [5, 5.41) is 11.6. The predicted molar refractivity (Wildman–Crippen MR) is 135 cm³/mol. The van der Waals surface area contributed by atoms with E-state index < -0.39 is 17.7 Å². The summed E-state index contributed by atoms with van der Waals surface area (Å²) in [4.78, 5) is 32.7. The number of Topliss-reactive ketones (excluding diaryl/α,β-unsaturated/α-hetero) is 1. The van der Waals surface area contributed by atoms with Gasteiger partial charge in [0.15, 0.2) is 5.13 Å². The zero-order chi connectivity index (χ0) is 24.7. The number of ether oxygens (including phenoxy) is 2. The van der Waals surface area contributed by atoms with E-state index in [1.165, 1.54) is 16.2 Å². The maximum absolute atomic E-state index is 13.4. The first-order valence-electron chi connectivity index (χ1n) is 10.9. The minimum Gasteiger partial charge on any atom is -0.507 e. The standard InChI is InChI=1S/C27H22N2O5S/c1-15-4-6-16(7-5-15)23-22(24(30)17-8-10-18(33-2)11-9-17)25(31)26(32)29(23)27-28-20-13-12-19(34-3)14-21(20)35-27/h4-14,23,30H,1-3H3/b24-22+. The van der Waals surface area contributed by atoms with Gasteiger partial charge in [-0.3, -0.25) is 14.5 Å². The summed E-state index contributed by atoms with van der Waals surface area (Å²) < 4.78 is 11.3. The number of anilines is 1. The number of aliphatic hydroxyl groups is 1. The molecule has 7 nitrogen and oxygen atoms in total. The number of hydrogen-bond donors (Lipinski definition) is 1. The van der Waals surface area contributed by atoms with Crippen molar-refractivity contribution in [3.8, 4) is 11.5 Å². The van der Waals surface area contributed by atoms with Crippen molar-refractivity contribution in [1.82, 2.24) is 4.98 Å². The summed E-state index contributed by atoms with van der Waals surface area (Å²) in [7, 11) is 3.13. The molecule has 35 heavy (non-hydrogen) atoms. The minimum absolute atomic E-state index is 0.0147. The number of fused-ring (bicyclic) bond motifs is 1. The van der Waals surface area contributed by atoms with E-state index in [0.29, 0.717) is 33.3 Å². The maximum atomic E-state index is 13.4. The third-order valence-electron chi connectivity index (χ3n) is 5.99. The molecule has 3 aromatic carbocycles. The Morgan fingerprint density at radius 1 is 0.943 bits per heavy atom. The smallest absolute Gasteiger partial charge is 0.301 e. The van der Waals surface area contributed by atoms with Crippen LogP contribution in [0.5, 0.6) is 11.5 Å². The Morgan fingerprint density at radius 3 is 2.26 bits per heavy atom. The van der Waals surface area contributed by atoms with Gasteiger partial charge in [-0.25, -0.2) is 4.98 Å². The molecule has 2 heterocycles. The van der Waals surface area contributed by atoms with Gasteiger partial charge in [0.1, 0.15) is 17.3 Å². The molecule has 0 aliphatic carbocycles. The molecule has 1 unspecified atom stereocenters. The normalized spacial score (nSPS) is 17.2. The van der Waals surface area contributed by atoms with Crippen LogP contribution in [0.4, 0.5) is 5.13 Å². The zero-order valence-electron chi connectivity index (χ0n) is 19.3. The number of benzene rings is 3. The second-order valence-corrected chi connectivity index (χ2v) is 9.15. The van der Waals surface area contributed by atoms with Crippen LogP contribution in [0.2, 0.25) is 0 Å². The molecule has 1 aromatic heterocycles. The fourth-order valence-corrected chi connectivity index (χ4v) is 5.14. The van der Waals surface area contributed by atoms with Gasteiger partial charge in [0.25, 0.3) is 5.78 Å². The Morgan fingerprint density at radius 2 is 1.60 bits per heavy atom. The summed E-state index contributed by atoms with van der Waals surface area (Å²) in [5.41, 5.74) is 2.84. The van der Waals surface area contributed by atoms with Gasteiger partial charge in [-0.2, -0.15) is 0 Å². The molecular formula is C27H22N2O5S. The van der Waals surface area contributed by atoms with Crippen LogP contribution in [-0.2, 0) is 9.59 Å². The van der Waals surface area contributed by atoms with Gasteiger partial charge >= 0.3 is 5.91 Å². The van der Waals surface area contributed by atoms with Crippen LogP contribution in [0, 0.1) is 6.92 Å². The molecule has 1 aliphatic heterocycles. The molecule has 1 amide bonds. The van der Waals surface area contributed by atoms with E-state index in [2.05, 4.69) is 4.98 Å². The fourth-order valence-electron chi connectivity index (χ4n) is 4.12. The molecule has 1 saturated heterocycles. The average molecular weight is 487 g/mol. The van der Waals surface area contributed by atoms with Crippen LogP contribution >= 0.6 is 11.3 Å². The van der Waals surface area contributed by atoms with Crippen LogP contribution in [0.15, 0.2) is 72.3 Å². The van der Waals surface area contributed by atoms with E-state index in [4.69, 9.17) is 9.47 Å². The SMILES string of the molecule is COc1ccc(/C(O)=C2\C(=O)C(=O)N(c3nc4ccc(OC)cc4s3)C2c2ccc(C)cc2)cc1. The summed E-state index contributed by atoms with van der Waals surface area (Å²) in [6.45, 7) is 1.96. The molecule has 1 atom stereocenters. The molecule has 1 aliphatic rings. The maximum Gasteiger partial charge on any atom is 0.301 e. The summed E-state index contributed by atoms with van der Waals surface area (Å²) >= 11 is 1.29. The topological polar surface area (TPSA) is 89.0 Å². The first-order valence-corrected chi connectivity index (χ1v) is 11.7. The van der Waals surface area contributed by atoms with Gasteiger partial charge in [-0.05, 0) is 55.0 Å². The fraction of sp³-hybridized carbons (Fsp3) is 0.148. The summed E-state index contributed by atoms with van der Waals surface area (Å²) in [5.74, 6) is -0.467. The second-order valence-electron chi connectivity index (χ2n) is 8.14. The van der Waals surface area contributed by atoms with E-state index >= 15 is 0 Å². The molecule has 176 valence electrons. The highest BCUT2D eigenvalue weighted by Crippen LogP contribution is 2.44. The number of ketones is 1. The number of hydrogen-bond acceptors (Lipinski definition) is 7. The molecule has 0 saturated carbocycles. The summed E-state index contributed by atoms with van der Waals surface area (Å²) in [6.07, 6.45) is 0. The number of carbonyl (C=O) groups is 2.